The number of halogens is 1. The second kappa shape index (κ2) is 4.81. The Labute approximate surface area is 112 Å². The van der Waals surface area contributed by atoms with Gasteiger partial charge in [-0.2, -0.15) is 0 Å². The normalized spacial score (nSPS) is 28.2. The standard InChI is InChI=1S/C12H16ClNO3S/c13-10-3-1-9(2-4-10)11(15)12(7-14)5-6-18(16,17)8-12/h1-4,11,15H,5-8,14H2. The number of aliphatic hydroxyl groups excluding tert-OH is 1. The maximum absolute atomic E-state index is 11.6. The van der Waals surface area contributed by atoms with E-state index in [1.165, 1.54) is 0 Å². The minimum absolute atomic E-state index is 0.0553. The van der Waals surface area contributed by atoms with Crippen LogP contribution >= 0.6 is 11.6 Å². The van der Waals surface area contributed by atoms with E-state index in [2.05, 4.69) is 0 Å². The first-order valence-corrected chi connectivity index (χ1v) is 7.92. The molecule has 0 aromatic heterocycles. The van der Waals surface area contributed by atoms with E-state index in [-0.39, 0.29) is 18.1 Å². The molecule has 1 aliphatic rings. The van der Waals surface area contributed by atoms with Crippen molar-refractivity contribution >= 4 is 21.4 Å². The third-order valence-corrected chi connectivity index (χ3v) is 5.68. The molecule has 3 N–H and O–H groups in total. The monoisotopic (exact) mass is 289 g/mol. The largest absolute Gasteiger partial charge is 0.388 e. The molecule has 1 aromatic carbocycles. The van der Waals surface area contributed by atoms with Gasteiger partial charge in [0.05, 0.1) is 17.6 Å². The van der Waals surface area contributed by atoms with Crippen molar-refractivity contribution in [2.24, 2.45) is 11.1 Å². The van der Waals surface area contributed by atoms with Crippen LogP contribution in [-0.4, -0.2) is 31.6 Å². The third-order valence-electron chi connectivity index (χ3n) is 3.59. The maximum Gasteiger partial charge on any atom is 0.151 e. The van der Waals surface area contributed by atoms with Crippen molar-refractivity contribution in [3.8, 4) is 0 Å². The molecular weight excluding hydrogens is 274 g/mol. The molecule has 2 rings (SSSR count). The molecule has 0 spiro atoms. The van der Waals surface area contributed by atoms with Crippen LogP contribution in [-0.2, 0) is 9.84 Å². The van der Waals surface area contributed by atoms with E-state index in [1.807, 2.05) is 0 Å². The molecule has 0 bridgehead atoms. The molecule has 0 saturated carbocycles. The number of hydrogen-bond acceptors (Lipinski definition) is 4. The van der Waals surface area contributed by atoms with Gasteiger partial charge in [-0.3, -0.25) is 0 Å². The predicted octanol–water partition coefficient (Wildman–Crippen LogP) is 1.14. The summed E-state index contributed by atoms with van der Waals surface area (Å²) in [6, 6.07) is 6.76. The Morgan fingerprint density at radius 3 is 2.44 bits per heavy atom. The summed E-state index contributed by atoms with van der Waals surface area (Å²) < 4.78 is 23.2. The Bertz CT molecular complexity index is 529. The Balaban J connectivity index is 2.31. The average Bonchev–Trinajstić information content (AvgIpc) is 2.66. The lowest BCUT2D eigenvalue weighted by Gasteiger charge is -2.32. The summed E-state index contributed by atoms with van der Waals surface area (Å²) in [5.41, 5.74) is 5.59. The van der Waals surface area contributed by atoms with Crippen molar-refractivity contribution in [1.29, 1.82) is 0 Å². The first kappa shape index (κ1) is 13.8. The fourth-order valence-electron chi connectivity index (χ4n) is 2.43. The summed E-state index contributed by atoms with van der Waals surface area (Å²) in [7, 11) is -3.09. The fraction of sp³-hybridized carbons (Fsp3) is 0.500. The van der Waals surface area contributed by atoms with E-state index >= 15 is 0 Å². The third kappa shape index (κ3) is 2.54. The summed E-state index contributed by atoms with van der Waals surface area (Å²) in [5.74, 6) is 0.0368. The molecule has 0 amide bonds. The van der Waals surface area contributed by atoms with Crippen LogP contribution in [0.25, 0.3) is 0 Å². The molecule has 2 atom stereocenters. The van der Waals surface area contributed by atoms with Crippen LogP contribution in [0.2, 0.25) is 5.02 Å². The minimum Gasteiger partial charge on any atom is -0.388 e. The topological polar surface area (TPSA) is 80.4 Å². The molecule has 1 heterocycles. The minimum atomic E-state index is -3.09. The number of rotatable bonds is 3. The Hall–Kier alpha value is -0.620. The van der Waals surface area contributed by atoms with E-state index < -0.39 is 21.4 Å². The highest BCUT2D eigenvalue weighted by molar-refractivity contribution is 7.91. The highest BCUT2D eigenvalue weighted by Crippen LogP contribution is 2.42. The molecular formula is C12H16ClNO3S. The summed E-state index contributed by atoms with van der Waals surface area (Å²) in [5, 5.41) is 11.0. The van der Waals surface area contributed by atoms with Crippen LogP contribution in [0.4, 0.5) is 0 Å². The highest BCUT2D eigenvalue weighted by Gasteiger charge is 2.46. The molecule has 2 unspecified atom stereocenters. The van der Waals surface area contributed by atoms with Gasteiger partial charge in [-0.1, -0.05) is 23.7 Å². The second-order valence-electron chi connectivity index (χ2n) is 4.86. The van der Waals surface area contributed by atoms with E-state index in [0.717, 1.165) is 0 Å². The van der Waals surface area contributed by atoms with Crippen molar-refractivity contribution in [3.63, 3.8) is 0 Å². The van der Waals surface area contributed by atoms with Crippen molar-refractivity contribution in [3.05, 3.63) is 34.9 Å². The van der Waals surface area contributed by atoms with Crippen molar-refractivity contribution in [2.75, 3.05) is 18.1 Å². The van der Waals surface area contributed by atoms with Crippen molar-refractivity contribution in [2.45, 2.75) is 12.5 Å². The smallest absolute Gasteiger partial charge is 0.151 e. The van der Waals surface area contributed by atoms with Gasteiger partial charge in [0.1, 0.15) is 0 Å². The number of benzene rings is 1. The van der Waals surface area contributed by atoms with E-state index in [9.17, 15) is 13.5 Å². The van der Waals surface area contributed by atoms with Gasteiger partial charge in [-0.05, 0) is 24.1 Å². The van der Waals surface area contributed by atoms with Crippen LogP contribution in [0.1, 0.15) is 18.1 Å². The van der Waals surface area contributed by atoms with E-state index in [1.54, 1.807) is 24.3 Å². The van der Waals surface area contributed by atoms with Gasteiger partial charge in [0.25, 0.3) is 0 Å². The quantitative estimate of drug-likeness (QED) is 0.874. The molecule has 1 saturated heterocycles. The fourth-order valence-corrected chi connectivity index (χ4v) is 4.71. The molecule has 0 radical (unpaired) electrons. The van der Waals surface area contributed by atoms with Crippen LogP contribution in [0.3, 0.4) is 0 Å². The molecule has 4 nitrogen and oxygen atoms in total. The molecule has 1 aliphatic heterocycles. The SMILES string of the molecule is NCC1(C(O)c2ccc(Cl)cc2)CCS(=O)(=O)C1. The molecule has 6 heteroatoms. The molecule has 100 valence electrons. The second-order valence-corrected chi connectivity index (χ2v) is 7.48. The molecule has 18 heavy (non-hydrogen) atoms. The zero-order chi connectivity index (χ0) is 13.4. The lowest BCUT2D eigenvalue weighted by molar-refractivity contribution is 0.0472. The van der Waals surface area contributed by atoms with E-state index in [4.69, 9.17) is 17.3 Å². The number of aliphatic hydroxyl groups is 1. The van der Waals surface area contributed by atoms with Crippen LogP contribution in [0.15, 0.2) is 24.3 Å². The first-order valence-electron chi connectivity index (χ1n) is 5.73. The Morgan fingerprint density at radius 1 is 1.39 bits per heavy atom. The van der Waals surface area contributed by atoms with Gasteiger partial charge in [0.15, 0.2) is 9.84 Å². The summed E-state index contributed by atoms with van der Waals surface area (Å²) in [6.45, 7) is 0.149. The zero-order valence-corrected chi connectivity index (χ0v) is 11.4. The van der Waals surface area contributed by atoms with Gasteiger partial charge in [0.2, 0.25) is 0 Å². The predicted molar refractivity (Wildman–Crippen MR) is 71.2 cm³/mol. The highest BCUT2D eigenvalue weighted by atomic mass is 35.5. The lowest BCUT2D eigenvalue weighted by Crippen LogP contribution is -2.38. The average molecular weight is 290 g/mol. The van der Waals surface area contributed by atoms with E-state index in [0.29, 0.717) is 17.0 Å². The van der Waals surface area contributed by atoms with Gasteiger partial charge < -0.3 is 10.8 Å². The van der Waals surface area contributed by atoms with Crippen LogP contribution < -0.4 is 5.73 Å². The molecule has 1 fully saturated rings. The van der Waals surface area contributed by atoms with Gasteiger partial charge in [0, 0.05) is 17.0 Å². The molecule has 1 aromatic rings. The van der Waals surface area contributed by atoms with Gasteiger partial charge in [-0.25, -0.2) is 8.42 Å². The summed E-state index contributed by atoms with van der Waals surface area (Å²) >= 11 is 5.79. The number of hydrogen-bond donors (Lipinski definition) is 2. The van der Waals surface area contributed by atoms with Crippen LogP contribution in [0, 0.1) is 5.41 Å². The van der Waals surface area contributed by atoms with Crippen molar-refractivity contribution in [1.82, 2.24) is 0 Å². The zero-order valence-electron chi connectivity index (χ0n) is 9.84. The van der Waals surface area contributed by atoms with Gasteiger partial charge in [-0.15, -0.1) is 0 Å². The molecule has 0 aliphatic carbocycles. The number of nitrogens with two attached hydrogens (primary N) is 1. The van der Waals surface area contributed by atoms with Crippen molar-refractivity contribution < 1.29 is 13.5 Å². The Morgan fingerprint density at radius 2 is 2.00 bits per heavy atom. The van der Waals surface area contributed by atoms with Crippen LogP contribution in [0.5, 0.6) is 0 Å². The summed E-state index contributed by atoms with van der Waals surface area (Å²) in [4.78, 5) is 0. The number of sulfone groups is 1. The summed E-state index contributed by atoms with van der Waals surface area (Å²) in [6.07, 6.45) is -0.479. The van der Waals surface area contributed by atoms with Gasteiger partial charge >= 0.3 is 0 Å². The lowest BCUT2D eigenvalue weighted by atomic mass is 9.78. The Kier molecular flexibility index (Phi) is 3.69. The first-order chi connectivity index (χ1) is 8.38. The maximum atomic E-state index is 11.6.